The highest BCUT2D eigenvalue weighted by Gasteiger charge is 2.22. The Bertz CT molecular complexity index is 1070. The summed E-state index contributed by atoms with van der Waals surface area (Å²) in [7, 11) is -4.78. The van der Waals surface area contributed by atoms with Crippen molar-refractivity contribution in [2.24, 2.45) is 0 Å². The summed E-state index contributed by atoms with van der Waals surface area (Å²) >= 11 is 0. The number of phosphoric ester groups is 1. The Kier molecular flexibility index (Phi) is 34.0. The van der Waals surface area contributed by atoms with Crippen molar-refractivity contribution in [3.63, 3.8) is 0 Å². The maximum atomic E-state index is 12.3. The number of allylic oxidation sites excluding steroid dienone is 10. The zero-order valence-corrected chi connectivity index (χ0v) is 32.6. The molecule has 292 valence electrons. The minimum Gasteiger partial charge on any atom is -0.462 e. The second-order valence-corrected chi connectivity index (χ2v) is 14.2. The second kappa shape index (κ2) is 35.8. The first-order valence-corrected chi connectivity index (χ1v) is 21.1. The third-order valence-electron chi connectivity index (χ3n) is 7.99. The van der Waals surface area contributed by atoms with Crippen LogP contribution in [0.3, 0.4) is 0 Å². The third-order valence-corrected chi connectivity index (χ3v) is 8.47. The molecule has 0 aliphatic heterocycles. The van der Waals surface area contributed by atoms with Gasteiger partial charge in [0.15, 0.2) is 11.9 Å². The van der Waals surface area contributed by atoms with E-state index >= 15 is 0 Å². The molecule has 0 rings (SSSR count). The quantitative estimate of drug-likeness (QED) is 0.0163. The highest BCUT2D eigenvalue weighted by molar-refractivity contribution is 7.46. The summed E-state index contributed by atoms with van der Waals surface area (Å²) in [6.07, 6.45) is 40.7. The molecule has 0 amide bonds. The molecule has 0 aliphatic carbocycles. The van der Waals surface area contributed by atoms with Crippen LogP contribution in [0.4, 0.5) is 0 Å². The summed E-state index contributed by atoms with van der Waals surface area (Å²) in [6, 6.07) is 0. The summed E-state index contributed by atoms with van der Waals surface area (Å²) in [5.74, 6) is -0.831. The van der Waals surface area contributed by atoms with Crippen molar-refractivity contribution >= 4 is 25.5 Å². The number of hydrogen-bond donors (Lipinski definition) is 2. The maximum Gasteiger partial charge on any atom is 0.469 e. The lowest BCUT2D eigenvalue weighted by Gasteiger charge is -2.18. The largest absolute Gasteiger partial charge is 0.469 e. The third kappa shape index (κ3) is 38.5. The lowest BCUT2D eigenvalue weighted by molar-refractivity contribution is -0.161. The molecular weight excluding hydrogens is 667 g/mol. The fourth-order valence-electron chi connectivity index (χ4n) is 5.02. The topological polar surface area (TPSA) is 136 Å². The number of esters is 2. The van der Waals surface area contributed by atoms with Gasteiger partial charge in [0.1, 0.15) is 6.61 Å². The van der Waals surface area contributed by atoms with E-state index in [1.54, 1.807) is 12.2 Å². The van der Waals surface area contributed by atoms with Crippen LogP contribution in [0.1, 0.15) is 162 Å². The molecule has 0 unspecified atom stereocenters. The van der Waals surface area contributed by atoms with Gasteiger partial charge in [-0.15, -0.1) is 0 Å². The second-order valence-electron chi connectivity index (χ2n) is 12.9. The van der Waals surface area contributed by atoms with E-state index in [1.807, 2.05) is 36.5 Å². The van der Waals surface area contributed by atoms with E-state index in [0.717, 1.165) is 57.8 Å². The SMILES string of the molecule is CCCCCC/C=C\CCCCCCCCCC(=O)OC[C@H](COP(=O)(O)O)OC(=O)CCC/C=C\C/C=C\C/C=C\C=C\C(=O)CCCCC. The average molecular weight is 737 g/mol. The Morgan fingerprint density at radius 2 is 1.08 bits per heavy atom. The number of carbonyl (C=O) groups is 3. The summed E-state index contributed by atoms with van der Waals surface area (Å²) in [5, 5.41) is 0. The van der Waals surface area contributed by atoms with Gasteiger partial charge in [0.05, 0.1) is 6.61 Å². The predicted octanol–water partition coefficient (Wildman–Crippen LogP) is 10.9. The van der Waals surface area contributed by atoms with Crippen LogP contribution in [0, 0.1) is 0 Å². The molecule has 1 atom stereocenters. The Morgan fingerprint density at radius 3 is 1.75 bits per heavy atom. The molecule has 0 radical (unpaired) electrons. The molecular formula is C41H69O9P. The molecule has 0 aromatic carbocycles. The number of ether oxygens (including phenoxy) is 2. The van der Waals surface area contributed by atoms with Crippen LogP contribution in [-0.4, -0.2) is 46.8 Å². The van der Waals surface area contributed by atoms with Crippen LogP contribution in [-0.2, 0) is 32.9 Å². The molecule has 2 N–H and O–H groups in total. The van der Waals surface area contributed by atoms with Crippen molar-refractivity contribution in [1.29, 1.82) is 0 Å². The number of ketones is 1. The van der Waals surface area contributed by atoms with Gasteiger partial charge >= 0.3 is 19.8 Å². The van der Waals surface area contributed by atoms with Crippen LogP contribution >= 0.6 is 7.82 Å². The van der Waals surface area contributed by atoms with Gasteiger partial charge in [-0.3, -0.25) is 18.9 Å². The summed E-state index contributed by atoms with van der Waals surface area (Å²) in [4.78, 5) is 54.4. The zero-order valence-electron chi connectivity index (χ0n) is 31.7. The van der Waals surface area contributed by atoms with Crippen LogP contribution in [0.5, 0.6) is 0 Å². The first-order valence-electron chi connectivity index (χ1n) is 19.5. The Balaban J connectivity index is 4.12. The Hall–Kier alpha value is -2.58. The first kappa shape index (κ1) is 48.4. The zero-order chi connectivity index (χ0) is 37.7. The summed E-state index contributed by atoms with van der Waals surface area (Å²) in [5.41, 5.74) is 0. The highest BCUT2D eigenvalue weighted by Crippen LogP contribution is 2.36. The number of unbranched alkanes of at least 4 members (excludes halogenated alkanes) is 14. The molecule has 10 heteroatoms. The molecule has 0 fully saturated rings. The fraction of sp³-hybridized carbons (Fsp3) is 0.683. The van der Waals surface area contributed by atoms with E-state index < -0.39 is 32.5 Å². The summed E-state index contributed by atoms with van der Waals surface area (Å²) in [6.45, 7) is 3.45. The van der Waals surface area contributed by atoms with Crippen molar-refractivity contribution in [1.82, 2.24) is 0 Å². The molecule has 9 nitrogen and oxygen atoms in total. The predicted molar refractivity (Wildman–Crippen MR) is 207 cm³/mol. The van der Waals surface area contributed by atoms with Gasteiger partial charge in [0, 0.05) is 19.3 Å². The van der Waals surface area contributed by atoms with Gasteiger partial charge < -0.3 is 19.3 Å². The van der Waals surface area contributed by atoms with E-state index in [0.29, 0.717) is 25.7 Å². The van der Waals surface area contributed by atoms with E-state index in [1.165, 1.54) is 51.4 Å². The van der Waals surface area contributed by atoms with Gasteiger partial charge in [0.25, 0.3) is 0 Å². The molecule has 0 heterocycles. The van der Waals surface area contributed by atoms with E-state index in [9.17, 15) is 18.9 Å². The van der Waals surface area contributed by atoms with Crippen molar-refractivity contribution in [2.75, 3.05) is 13.2 Å². The molecule has 0 aromatic rings. The van der Waals surface area contributed by atoms with Gasteiger partial charge in [-0.1, -0.05) is 133 Å². The minimum atomic E-state index is -4.78. The number of rotatable bonds is 35. The summed E-state index contributed by atoms with van der Waals surface area (Å²) < 4.78 is 26.2. The molecule has 0 spiro atoms. The van der Waals surface area contributed by atoms with Crippen LogP contribution in [0.2, 0.25) is 0 Å². The average Bonchev–Trinajstić information content (AvgIpc) is 3.09. The molecule has 51 heavy (non-hydrogen) atoms. The van der Waals surface area contributed by atoms with Gasteiger partial charge in [-0.05, 0) is 70.3 Å². The van der Waals surface area contributed by atoms with E-state index in [2.05, 4.69) is 30.5 Å². The number of carbonyl (C=O) groups excluding carboxylic acids is 3. The molecule has 0 aliphatic rings. The minimum absolute atomic E-state index is 0.107. The molecule has 0 aromatic heterocycles. The Morgan fingerprint density at radius 1 is 0.569 bits per heavy atom. The van der Waals surface area contributed by atoms with Crippen LogP contribution in [0.15, 0.2) is 60.8 Å². The molecule has 0 bridgehead atoms. The van der Waals surface area contributed by atoms with Crippen molar-refractivity contribution < 1.29 is 42.7 Å². The van der Waals surface area contributed by atoms with Crippen molar-refractivity contribution in [3.05, 3.63) is 60.8 Å². The lowest BCUT2D eigenvalue weighted by Crippen LogP contribution is -2.29. The van der Waals surface area contributed by atoms with Gasteiger partial charge in [0.2, 0.25) is 0 Å². The monoisotopic (exact) mass is 736 g/mol. The van der Waals surface area contributed by atoms with Crippen LogP contribution in [0.25, 0.3) is 0 Å². The van der Waals surface area contributed by atoms with E-state index in [4.69, 9.17) is 19.3 Å². The highest BCUT2D eigenvalue weighted by atomic mass is 31.2. The fourth-order valence-corrected chi connectivity index (χ4v) is 5.38. The molecule has 0 saturated carbocycles. The first-order chi connectivity index (χ1) is 24.7. The standard InChI is InChI=1S/C41H69O9P/c1-3-5-7-8-9-10-11-12-13-14-17-20-23-26-30-34-40(43)48-36-39(37-49-51(45,46)47)50-41(44)35-31-27-24-21-18-15-16-19-22-25-29-33-38(42)32-28-6-4-2/h10-11,15-16,21-22,24-25,29,33,39H,3-9,12-14,17-20,23,26-28,30-32,34-37H2,1-2H3,(H2,45,46,47)/b11-10-,16-15-,24-21-,25-22-,33-29+/t39-/m1/s1. The van der Waals surface area contributed by atoms with E-state index in [-0.39, 0.29) is 25.2 Å². The molecule has 0 saturated heterocycles. The number of phosphoric acid groups is 1. The normalized spacial score (nSPS) is 13.0. The maximum absolute atomic E-state index is 12.3. The van der Waals surface area contributed by atoms with Crippen molar-refractivity contribution in [2.45, 2.75) is 168 Å². The smallest absolute Gasteiger partial charge is 0.462 e. The number of hydrogen-bond acceptors (Lipinski definition) is 7. The van der Waals surface area contributed by atoms with Gasteiger partial charge in [-0.25, -0.2) is 4.57 Å². The van der Waals surface area contributed by atoms with Crippen molar-refractivity contribution in [3.8, 4) is 0 Å². The van der Waals surface area contributed by atoms with Crippen LogP contribution < -0.4 is 0 Å². The Labute approximate surface area is 309 Å². The lowest BCUT2D eigenvalue weighted by atomic mass is 10.1. The van der Waals surface area contributed by atoms with Gasteiger partial charge in [-0.2, -0.15) is 0 Å².